The maximum Gasteiger partial charge on any atom is 0.407 e. The lowest BCUT2D eigenvalue weighted by Gasteiger charge is -2.30. The second-order valence-corrected chi connectivity index (χ2v) is 4.79. The van der Waals surface area contributed by atoms with Crippen LogP contribution in [0.4, 0.5) is 18.0 Å². The quantitative estimate of drug-likeness (QED) is 0.841. The van der Waals surface area contributed by atoms with E-state index in [0.717, 1.165) is 12.1 Å². The van der Waals surface area contributed by atoms with Gasteiger partial charge in [0.25, 0.3) is 0 Å². The number of amides is 1. The summed E-state index contributed by atoms with van der Waals surface area (Å²) in [5, 5.41) is 8.80. The van der Waals surface area contributed by atoms with Gasteiger partial charge in [-0.25, -0.2) is 18.0 Å². The van der Waals surface area contributed by atoms with Crippen LogP contribution in [0.25, 0.3) is 0 Å². The van der Waals surface area contributed by atoms with E-state index in [1.807, 2.05) is 0 Å². The van der Waals surface area contributed by atoms with E-state index < -0.39 is 23.5 Å². The highest BCUT2D eigenvalue weighted by Gasteiger charge is 2.23. The average molecular weight is 273 g/mol. The summed E-state index contributed by atoms with van der Waals surface area (Å²) in [5.41, 5.74) is 0.408. The molecule has 1 heterocycles. The summed E-state index contributed by atoms with van der Waals surface area (Å²) < 4.78 is 38.9. The van der Waals surface area contributed by atoms with Gasteiger partial charge < -0.3 is 10.0 Å². The Morgan fingerprint density at radius 2 is 1.74 bits per heavy atom. The van der Waals surface area contributed by atoms with Crippen LogP contribution in [0, 0.1) is 23.4 Å². The number of hydrogen-bond donors (Lipinski definition) is 1. The smallest absolute Gasteiger partial charge is 0.407 e. The van der Waals surface area contributed by atoms with Crippen LogP contribution in [0.5, 0.6) is 0 Å². The monoisotopic (exact) mass is 273 g/mol. The summed E-state index contributed by atoms with van der Waals surface area (Å²) in [7, 11) is 0. The molecule has 1 fully saturated rings. The SMILES string of the molecule is O=C(O)N1CCC(Cc2cc(F)c(F)c(F)c2)CC1. The van der Waals surface area contributed by atoms with Gasteiger partial charge in [-0.3, -0.25) is 0 Å². The van der Waals surface area contributed by atoms with Crippen LogP contribution in [-0.2, 0) is 6.42 Å². The minimum Gasteiger partial charge on any atom is -0.465 e. The Morgan fingerprint density at radius 1 is 1.21 bits per heavy atom. The molecule has 0 radical (unpaired) electrons. The largest absolute Gasteiger partial charge is 0.465 e. The topological polar surface area (TPSA) is 40.5 Å². The first-order valence-electron chi connectivity index (χ1n) is 6.08. The molecule has 1 aliphatic heterocycles. The molecular weight excluding hydrogens is 259 g/mol. The second-order valence-electron chi connectivity index (χ2n) is 4.79. The summed E-state index contributed by atoms with van der Waals surface area (Å²) in [6, 6.07) is 2.00. The van der Waals surface area contributed by atoms with Crippen molar-refractivity contribution in [1.29, 1.82) is 0 Å². The molecule has 0 bridgehead atoms. The maximum absolute atomic E-state index is 13.1. The van der Waals surface area contributed by atoms with Crippen molar-refractivity contribution >= 4 is 6.09 Å². The summed E-state index contributed by atoms with van der Waals surface area (Å²) in [6.45, 7) is 0.846. The van der Waals surface area contributed by atoms with Crippen LogP contribution in [-0.4, -0.2) is 29.2 Å². The summed E-state index contributed by atoms with van der Waals surface area (Å²) in [5.74, 6) is -3.65. The van der Waals surface area contributed by atoms with Crippen molar-refractivity contribution in [3.63, 3.8) is 0 Å². The van der Waals surface area contributed by atoms with Crippen LogP contribution in [0.2, 0.25) is 0 Å². The number of piperidine rings is 1. The van der Waals surface area contributed by atoms with E-state index in [0.29, 0.717) is 37.9 Å². The highest BCUT2D eigenvalue weighted by atomic mass is 19.2. The Bertz CT molecular complexity index is 462. The first-order valence-corrected chi connectivity index (χ1v) is 6.08. The number of likely N-dealkylation sites (tertiary alicyclic amines) is 1. The predicted octanol–water partition coefficient (Wildman–Crippen LogP) is 3.04. The molecule has 1 aromatic rings. The molecule has 0 atom stereocenters. The van der Waals surface area contributed by atoms with Gasteiger partial charge in [-0.1, -0.05) is 0 Å². The van der Waals surface area contributed by atoms with Crippen LogP contribution in [0.1, 0.15) is 18.4 Å². The molecule has 1 aliphatic rings. The minimum absolute atomic E-state index is 0.167. The Hall–Kier alpha value is -1.72. The fourth-order valence-corrected chi connectivity index (χ4v) is 2.39. The molecule has 2 rings (SSSR count). The number of halogens is 3. The molecule has 1 N–H and O–H groups in total. The first kappa shape index (κ1) is 13.7. The molecule has 0 aliphatic carbocycles. The van der Waals surface area contributed by atoms with Crippen molar-refractivity contribution in [3.05, 3.63) is 35.1 Å². The lowest BCUT2D eigenvalue weighted by molar-refractivity contribution is 0.124. The van der Waals surface area contributed by atoms with E-state index in [1.165, 1.54) is 4.90 Å². The fourth-order valence-electron chi connectivity index (χ4n) is 2.39. The number of benzene rings is 1. The Labute approximate surface area is 108 Å². The van der Waals surface area contributed by atoms with Crippen LogP contribution in [0.15, 0.2) is 12.1 Å². The van der Waals surface area contributed by atoms with Gasteiger partial charge in [0.05, 0.1) is 0 Å². The number of nitrogens with zero attached hydrogens (tertiary/aromatic N) is 1. The third kappa shape index (κ3) is 3.19. The zero-order valence-corrected chi connectivity index (χ0v) is 10.2. The average Bonchev–Trinajstić information content (AvgIpc) is 2.36. The number of rotatable bonds is 2. The Kier molecular flexibility index (Phi) is 3.97. The van der Waals surface area contributed by atoms with Crippen molar-refractivity contribution in [2.75, 3.05) is 13.1 Å². The molecule has 0 spiro atoms. The minimum atomic E-state index is -1.45. The first-order chi connectivity index (χ1) is 8.97. The Balaban J connectivity index is 1.98. The lowest BCUT2D eigenvalue weighted by Crippen LogP contribution is -2.37. The molecule has 1 aromatic carbocycles. The summed E-state index contributed by atoms with van der Waals surface area (Å²) in [6.07, 6.45) is 0.777. The van der Waals surface area contributed by atoms with E-state index in [1.54, 1.807) is 0 Å². The normalized spacial score (nSPS) is 16.7. The van der Waals surface area contributed by atoms with Crippen molar-refractivity contribution in [2.24, 2.45) is 5.92 Å². The molecule has 0 aromatic heterocycles. The van der Waals surface area contributed by atoms with Gasteiger partial charge in [0.2, 0.25) is 0 Å². The van der Waals surface area contributed by atoms with Gasteiger partial charge in [-0.2, -0.15) is 0 Å². The van der Waals surface area contributed by atoms with Crippen LogP contribution in [0.3, 0.4) is 0 Å². The van der Waals surface area contributed by atoms with Crippen LogP contribution >= 0.6 is 0 Å². The maximum atomic E-state index is 13.1. The Morgan fingerprint density at radius 3 is 2.21 bits per heavy atom. The van der Waals surface area contributed by atoms with E-state index in [9.17, 15) is 18.0 Å². The van der Waals surface area contributed by atoms with Crippen molar-refractivity contribution < 1.29 is 23.1 Å². The highest BCUT2D eigenvalue weighted by molar-refractivity contribution is 5.64. The number of hydrogen-bond acceptors (Lipinski definition) is 1. The molecule has 0 saturated carbocycles. The van der Waals surface area contributed by atoms with E-state index in [-0.39, 0.29) is 5.92 Å². The summed E-state index contributed by atoms with van der Waals surface area (Å²) >= 11 is 0. The molecule has 1 saturated heterocycles. The van der Waals surface area contributed by atoms with E-state index in [2.05, 4.69) is 0 Å². The molecule has 1 amide bonds. The molecule has 19 heavy (non-hydrogen) atoms. The number of carboxylic acid groups (broad SMARTS) is 1. The van der Waals surface area contributed by atoms with Gasteiger partial charge in [-0.15, -0.1) is 0 Å². The van der Waals surface area contributed by atoms with Gasteiger partial charge in [0.1, 0.15) is 0 Å². The zero-order chi connectivity index (χ0) is 14.0. The molecular formula is C13H14F3NO2. The molecule has 104 valence electrons. The number of carbonyl (C=O) groups is 1. The van der Waals surface area contributed by atoms with Crippen molar-refractivity contribution in [1.82, 2.24) is 4.90 Å². The highest BCUT2D eigenvalue weighted by Crippen LogP contribution is 2.23. The standard InChI is InChI=1S/C13H14F3NO2/c14-10-6-9(7-11(15)12(10)16)5-8-1-3-17(4-2-8)13(18)19/h6-8H,1-5H2,(H,18,19). The lowest BCUT2D eigenvalue weighted by atomic mass is 9.90. The van der Waals surface area contributed by atoms with Gasteiger partial charge in [0, 0.05) is 13.1 Å². The second kappa shape index (κ2) is 5.50. The van der Waals surface area contributed by atoms with E-state index in [4.69, 9.17) is 5.11 Å². The molecule has 0 unspecified atom stereocenters. The van der Waals surface area contributed by atoms with Gasteiger partial charge >= 0.3 is 6.09 Å². The van der Waals surface area contributed by atoms with Gasteiger partial charge in [-0.05, 0) is 42.9 Å². The van der Waals surface area contributed by atoms with E-state index >= 15 is 0 Å². The predicted molar refractivity (Wildman–Crippen MR) is 62.3 cm³/mol. The third-order valence-corrected chi connectivity index (χ3v) is 3.45. The third-order valence-electron chi connectivity index (χ3n) is 3.45. The zero-order valence-electron chi connectivity index (χ0n) is 10.2. The molecule has 3 nitrogen and oxygen atoms in total. The van der Waals surface area contributed by atoms with Crippen LogP contribution < -0.4 is 0 Å². The van der Waals surface area contributed by atoms with Crippen molar-refractivity contribution in [3.8, 4) is 0 Å². The molecule has 6 heteroatoms. The fraction of sp³-hybridized carbons (Fsp3) is 0.462. The summed E-state index contributed by atoms with van der Waals surface area (Å²) in [4.78, 5) is 12.1. The van der Waals surface area contributed by atoms with Gasteiger partial charge in [0.15, 0.2) is 17.5 Å². The van der Waals surface area contributed by atoms with Crippen molar-refractivity contribution in [2.45, 2.75) is 19.3 Å².